The Morgan fingerprint density at radius 3 is 2.45 bits per heavy atom. The average Bonchev–Trinajstić information content (AvgIpc) is 3.31. The summed E-state index contributed by atoms with van der Waals surface area (Å²) in [7, 11) is 4.54. The molecular weight excluding hydrogens is 400 g/mol. The maximum absolute atomic E-state index is 13.1. The molecule has 2 aromatic rings. The normalized spacial score (nSPS) is 18.6. The van der Waals surface area contributed by atoms with Crippen LogP contribution in [0.15, 0.2) is 41.1 Å². The molecule has 0 spiro atoms. The van der Waals surface area contributed by atoms with Gasteiger partial charge in [0.2, 0.25) is 11.7 Å². The molecule has 31 heavy (non-hydrogen) atoms. The van der Waals surface area contributed by atoms with Crippen molar-refractivity contribution in [2.24, 2.45) is 5.73 Å². The minimum Gasteiger partial charge on any atom is -0.493 e. The van der Waals surface area contributed by atoms with E-state index < -0.39 is 5.92 Å². The molecule has 2 heterocycles. The number of aromatic amines is 1. The van der Waals surface area contributed by atoms with E-state index in [0.29, 0.717) is 59.3 Å². The van der Waals surface area contributed by atoms with Gasteiger partial charge in [-0.1, -0.05) is 0 Å². The first-order chi connectivity index (χ1) is 15.0. The molecule has 1 unspecified atom stereocenters. The Kier molecular flexibility index (Phi) is 5.25. The molecule has 3 N–H and O–H groups in total. The van der Waals surface area contributed by atoms with Crippen molar-refractivity contribution in [1.29, 1.82) is 5.26 Å². The van der Waals surface area contributed by atoms with Gasteiger partial charge in [0.05, 0.1) is 38.9 Å². The molecule has 2 aliphatic rings. The molecule has 4 rings (SSSR count). The number of rotatable bonds is 5. The number of benzene rings is 1. The number of Topliss-reactive ketones (excluding diaryl/α,β-unsaturated/α-hetero) is 1. The fraction of sp³-hybridized carbons (Fsp3) is 0.333. The summed E-state index contributed by atoms with van der Waals surface area (Å²) in [6.07, 6.45) is 3.04. The van der Waals surface area contributed by atoms with Gasteiger partial charge in [-0.25, -0.2) is 5.10 Å². The predicted octanol–water partition coefficient (Wildman–Crippen LogP) is 2.14. The van der Waals surface area contributed by atoms with Crippen molar-refractivity contribution in [3.63, 3.8) is 0 Å². The Morgan fingerprint density at radius 1 is 1.19 bits per heavy atom. The maximum atomic E-state index is 13.1. The van der Waals surface area contributed by atoms with E-state index in [1.54, 1.807) is 17.0 Å². The third kappa shape index (κ3) is 3.15. The number of hydrogen-bond donors (Lipinski definition) is 2. The van der Waals surface area contributed by atoms with Gasteiger partial charge in [-0.15, -0.1) is 0 Å². The van der Waals surface area contributed by atoms with E-state index in [9.17, 15) is 10.1 Å². The van der Waals surface area contributed by atoms with E-state index in [-0.39, 0.29) is 17.2 Å². The SMILES string of the molecule is COc1cc(C2C(C#N)=C(N)N(c3ncn[nH]3)C3=C2C(=O)CCC3)cc(OC)c1OC. The van der Waals surface area contributed by atoms with Crippen molar-refractivity contribution in [2.45, 2.75) is 25.2 Å². The van der Waals surface area contributed by atoms with Gasteiger partial charge in [0.15, 0.2) is 17.3 Å². The number of nitrogens with two attached hydrogens (primary N) is 1. The van der Waals surface area contributed by atoms with Crippen molar-refractivity contribution in [3.8, 4) is 23.3 Å². The molecule has 0 bridgehead atoms. The van der Waals surface area contributed by atoms with Crippen LogP contribution in [0.5, 0.6) is 17.2 Å². The lowest BCUT2D eigenvalue weighted by Gasteiger charge is -2.38. The molecule has 160 valence electrons. The molecule has 0 saturated carbocycles. The van der Waals surface area contributed by atoms with E-state index >= 15 is 0 Å². The minimum atomic E-state index is -0.666. The lowest BCUT2D eigenvalue weighted by Crippen LogP contribution is -2.39. The van der Waals surface area contributed by atoms with Crippen LogP contribution in [-0.4, -0.2) is 42.3 Å². The number of methoxy groups -OCH3 is 3. The van der Waals surface area contributed by atoms with Crippen LogP contribution in [0.1, 0.15) is 30.7 Å². The number of allylic oxidation sites excluding steroid dienone is 3. The lowest BCUT2D eigenvalue weighted by molar-refractivity contribution is -0.116. The number of aromatic nitrogens is 3. The number of nitriles is 1. The Morgan fingerprint density at radius 2 is 1.90 bits per heavy atom. The summed E-state index contributed by atoms with van der Waals surface area (Å²) in [6, 6.07) is 5.69. The fourth-order valence-corrected chi connectivity index (χ4v) is 4.24. The number of hydrogen-bond acceptors (Lipinski definition) is 9. The minimum absolute atomic E-state index is 0.0373. The highest BCUT2D eigenvalue weighted by atomic mass is 16.5. The van der Waals surface area contributed by atoms with Crippen LogP contribution in [0.25, 0.3) is 0 Å². The first-order valence-corrected chi connectivity index (χ1v) is 9.67. The van der Waals surface area contributed by atoms with Gasteiger partial charge in [0.1, 0.15) is 12.1 Å². The summed E-state index contributed by atoms with van der Waals surface area (Å²) in [6.45, 7) is 0. The van der Waals surface area contributed by atoms with E-state index in [2.05, 4.69) is 21.3 Å². The molecular formula is C21H22N6O4. The smallest absolute Gasteiger partial charge is 0.231 e. The van der Waals surface area contributed by atoms with Gasteiger partial charge >= 0.3 is 0 Å². The van der Waals surface area contributed by atoms with Gasteiger partial charge in [-0.3, -0.25) is 9.69 Å². The lowest BCUT2D eigenvalue weighted by atomic mass is 9.75. The van der Waals surface area contributed by atoms with Crippen molar-refractivity contribution >= 4 is 11.7 Å². The van der Waals surface area contributed by atoms with Gasteiger partial charge in [0.25, 0.3) is 0 Å². The summed E-state index contributed by atoms with van der Waals surface area (Å²) in [5, 5.41) is 16.7. The number of nitrogens with zero attached hydrogens (tertiary/aromatic N) is 4. The second-order valence-corrected chi connectivity index (χ2v) is 7.08. The van der Waals surface area contributed by atoms with Crippen molar-refractivity contribution in [2.75, 3.05) is 26.2 Å². The van der Waals surface area contributed by atoms with Gasteiger partial charge in [-0.2, -0.15) is 15.3 Å². The molecule has 10 nitrogen and oxygen atoms in total. The molecule has 1 aliphatic heterocycles. The standard InChI is InChI=1S/C21H22N6O4/c1-29-15-7-11(8-16(30-2)19(15)31-3)17-12(9-22)20(23)27(21-24-10-25-26-21)13-5-4-6-14(28)18(13)17/h7-8,10,17H,4-6,23H2,1-3H3,(H,24,25,26). The molecule has 1 aliphatic carbocycles. The quantitative estimate of drug-likeness (QED) is 0.741. The Labute approximate surface area is 178 Å². The van der Waals surface area contributed by atoms with Crippen molar-refractivity contribution in [3.05, 3.63) is 46.7 Å². The van der Waals surface area contributed by atoms with Crippen molar-refractivity contribution < 1.29 is 19.0 Å². The summed E-state index contributed by atoms with van der Waals surface area (Å²) in [5.41, 5.74) is 8.58. The molecule has 0 radical (unpaired) electrons. The third-order valence-electron chi connectivity index (χ3n) is 5.55. The molecule has 10 heteroatoms. The van der Waals surface area contributed by atoms with Gasteiger partial charge < -0.3 is 19.9 Å². The van der Waals surface area contributed by atoms with Crippen LogP contribution in [0.2, 0.25) is 0 Å². The number of anilines is 1. The van der Waals surface area contributed by atoms with E-state index in [0.717, 1.165) is 0 Å². The van der Waals surface area contributed by atoms with Crippen LogP contribution >= 0.6 is 0 Å². The van der Waals surface area contributed by atoms with E-state index in [4.69, 9.17) is 19.9 Å². The van der Waals surface area contributed by atoms with Crippen LogP contribution in [0, 0.1) is 11.3 Å². The maximum Gasteiger partial charge on any atom is 0.231 e. The first-order valence-electron chi connectivity index (χ1n) is 9.67. The van der Waals surface area contributed by atoms with E-state index in [1.807, 2.05) is 0 Å². The fourth-order valence-electron chi connectivity index (χ4n) is 4.24. The third-order valence-corrected chi connectivity index (χ3v) is 5.55. The van der Waals surface area contributed by atoms with Crippen LogP contribution in [-0.2, 0) is 4.79 Å². The number of H-pyrrole nitrogens is 1. The number of carbonyl (C=O) groups excluding carboxylic acids is 1. The Hall–Kier alpha value is -4.00. The molecule has 1 aromatic heterocycles. The molecule has 1 atom stereocenters. The predicted molar refractivity (Wildman–Crippen MR) is 110 cm³/mol. The zero-order valence-electron chi connectivity index (χ0n) is 17.4. The van der Waals surface area contributed by atoms with Crippen LogP contribution < -0.4 is 24.8 Å². The number of nitrogens with one attached hydrogen (secondary N) is 1. The zero-order chi connectivity index (χ0) is 22.1. The Bertz CT molecular complexity index is 1100. The van der Waals surface area contributed by atoms with Crippen LogP contribution in [0.4, 0.5) is 5.95 Å². The second-order valence-electron chi connectivity index (χ2n) is 7.08. The molecule has 1 aromatic carbocycles. The number of ether oxygens (including phenoxy) is 3. The Balaban J connectivity index is 1.99. The topological polar surface area (TPSA) is 139 Å². The highest BCUT2D eigenvalue weighted by Crippen LogP contribution is 2.48. The first kappa shape index (κ1) is 20.3. The van der Waals surface area contributed by atoms with Crippen molar-refractivity contribution in [1.82, 2.24) is 15.2 Å². The highest BCUT2D eigenvalue weighted by molar-refractivity contribution is 6.01. The largest absolute Gasteiger partial charge is 0.493 e. The summed E-state index contributed by atoms with van der Waals surface area (Å²) in [5.74, 6) is 1.13. The van der Waals surface area contributed by atoms with Gasteiger partial charge in [-0.05, 0) is 30.5 Å². The van der Waals surface area contributed by atoms with Gasteiger partial charge in [0, 0.05) is 17.7 Å². The molecule has 0 fully saturated rings. The number of ketones is 1. The molecule has 0 saturated heterocycles. The molecule has 0 amide bonds. The summed E-state index contributed by atoms with van der Waals surface area (Å²) in [4.78, 5) is 18.9. The summed E-state index contributed by atoms with van der Waals surface area (Å²) < 4.78 is 16.4. The number of carbonyl (C=O) groups is 1. The second kappa shape index (κ2) is 8.02. The van der Waals surface area contributed by atoms with Crippen LogP contribution in [0.3, 0.4) is 0 Å². The highest BCUT2D eigenvalue weighted by Gasteiger charge is 2.41. The zero-order valence-corrected chi connectivity index (χ0v) is 17.4. The summed E-state index contributed by atoms with van der Waals surface area (Å²) >= 11 is 0. The monoisotopic (exact) mass is 422 g/mol. The average molecular weight is 422 g/mol. The van der Waals surface area contributed by atoms with E-state index in [1.165, 1.54) is 27.7 Å².